The van der Waals surface area contributed by atoms with Crippen molar-refractivity contribution in [3.8, 4) is 17.2 Å². The lowest BCUT2D eigenvalue weighted by Gasteiger charge is -2.23. The van der Waals surface area contributed by atoms with Crippen molar-refractivity contribution in [2.75, 3.05) is 6.54 Å². The summed E-state index contributed by atoms with van der Waals surface area (Å²) in [5, 5.41) is 7.31. The van der Waals surface area contributed by atoms with Crippen molar-refractivity contribution in [3.05, 3.63) is 64.5 Å². The topological polar surface area (TPSA) is 81.8 Å². The number of benzene rings is 1. The first-order valence-corrected chi connectivity index (χ1v) is 9.69. The standard InChI is InChI=1S/C21H22FN5O2/c1-14-5-10-18(24-13-14)27-19(15-6-8-17(22)9-7-15)25-26(21(27)29)12-11-23-20(28)16-3-2-4-16/h5-10,13,16H,2-4,11-12H2,1H3,(H,23,28). The molecule has 1 fully saturated rings. The molecule has 0 bridgehead atoms. The molecule has 1 aromatic carbocycles. The Bertz CT molecular complexity index is 1070. The number of aryl methyl sites for hydroxylation is 1. The van der Waals surface area contributed by atoms with E-state index in [1.165, 1.54) is 21.4 Å². The van der Waals surface area contributed by atoms with Crippen molar-refractivity contribution < 1.29 is 9.18 Å². The number of amides is 1. The summed E-state index contributed by atoms with van der Waals surface area (Å²) in [7, 11) is 0. The Morgan fingerprint density at radius 2 is 1.97 bits per heavy atom. The number of pyridine rings is 1. The maximum absolute atomic E-state index is 13.3. The van der Waals surface area contributed by atoms with Gasteiger partial charge >= 0.3 is 5.69 Å². The van der Waals surface area contributed by atoms with Crippen molar-refractivity contribution in [1.82, 2.24) is 24.6 Å². The molecule has 1 N–H and O–H groups in total. The average molecular weight is 395 g/mol. The van der Waals surface area contributed by atoms with E-state index >= 15 is 0 Å². The molecule has 1 saturated carbocycles. The average Bonchev–Trinajstić information content (AvgIpc) is 2.98. The normalized spacial score (nSPS) is 13.9. The highest BCUT2D eigenvalue weighted by molar-refractivity contribution is 5.79. The fourth-order valence-electron chi connectivity index (χ4n) is 3.24. The van der Waals surface area contributed by atoms with Crippen molar-refractivity contribution in [2.24, 2.45) is 5.92 Å². The number of carbonyl (C=O) groups is 1. The van der Waals surface area contributed by atoms with Crippen LogP contribution in [0.25, 0.3) is 17.2 Å². The van der Waals surface area contributed by atoms with Gasteiger partial charge in [-0.25, -0.2) is 23.4 Å². The van der Waals surface area contributed by atoms with Crippen LogP contribution in [-0.4, -0.2) is 31.8 Å². The third kappa shape index (κ3) is 3.96. The molecule has 0 atom stereocenters. The number of nitrogens with zero attached hydrogens (tertiary/aromatic N) is 4. The van der Waals surface area contributed by atoms with Crippen LogP contribution in [0, 0.1) is 18.7 Å². The molecule has 2 aromatic heterocycles. The van der Waals surface area contributed by atoms with Gasteiger partial charge in [-0.1, -0.05) is 12.5 Å². The second-order valence-electron chi connectivity index (χ2n) is 7.28. The second-order valence-corrected chi connectivity index (χ2v) is 7.28. The Labute approximate surface area is 167 Å². The monoisotopic (exact) mass is 395 g/mol. The minimum absolute atomic E-state index is 0.0303. The summed E-state index contributed by atoms with van der Waals surface area (Å²) in [4.78, 5) is 29.4. The van der Waals surface area contributed by atoms with Crippen LogP contribution < -0.4 is 11.0 Å². The molecule has 0 unspecified atom stereocenters. The summed E-state index contributed by atoms with van der Waals surface area (Å²) < 4.78 is 16.1. The zero-order chi connectivity index (χ0) is 20.4. The van der Waals surface area contributed by atoms with Crippen LogP contribution in [0.3, 0.4) is 0 Å². The molecule has 0 aliphatic heterocycles. The minimum atomic E-state index is -0.366. The highest BCUT2D eigenvalue weighted by Crippen LogP contribution is 2.26. The van der Waals surface area contributed by atoms with Gasteiger partial charge in [-0.3, -0.25) is 4.79 Å². The molecule has 4 rings (SSSR count). The molecule has 29 heavy (non-hydrogen) atoms. The lowest BCUT2D eigenvalue weighted by Crippen LogP contribution is -2.37. The number of hydrogen-bond acceptors (Lipinski definition) is 4. The predicted octanol–water partition coefficient (Wildman–Crippen LogP) is 2.46. The predicted molar refractivity (Wildman–Crippen MR) is 106 cm³/mol. The molecule has 1 aliphatic carbocycles. The van der Waals surface area contributed by atoms with Gasteiger partial charge in [-0.2, -0.15) is 0 Å². The van der Waals surface area contributed by atoms with Gasteiger partial charge in [0.05, 0.1) is 6.54 Å². The van der Waals surface area contributed by atoms with Crippen molar-refractivity contribution in [1.29, 1.82) is 0 Å². The maximum atomic E-state index is 13.3. The minimum Gasteiger partial charge on any atom is -0.354 e. The van der Waals surface area contributed by atoms with Crippen molar-refractivity contribution >= 4 is 5.91 Å². The Balaban J connectivity index is 1.64. The summed E-state index contributed by atoms with van der Waals surface area (Å²) in [6.45, 7) is 2.47. The molecule has 1 amide bonds. The highest BCUT2D eigenvalue weighted by atomic mass is 19.1. The number of rotatable bonds is 6. The summed E-state index contributed by atoms with van der Waals surface area (Å²) in [5.41, 5.74) is 1.21. The van der Waals surface area contributed by atoms with E-state index in [2.05, 4.69) is 15.4 Å². The molecule has 7 nitrogen and oxygen atoms in total. The van der Waals surface area contributed by atoms with Crippen LogP contribution in [0.2, 0.25) is 0 Å². The molecule has 8 heteroatoms. The fraction of sp³-hybridized carbons (Fsp3) is 0.333. The van der Waals surface area contributed by atoms with E-state index in [0.29, 0.717) is 23.8 Å². The lowest BCUT2D eigenvalue weighted by atomic mass is 9.85. The Kier molecular flexibility index (Phi) is 5.24. The van der Waals surface area contributed by atoms with E-state index in [1.54, 1.807) is 24.4 Å². The molecule has 0 saturated heterocycles. The van der Waals surface area contributed by atoms with Crippen LogP contribution in [0.4, 0.5) is 4.39 Å². The van der Waals surface area contributed by atoms with Crippen LogP contribution >= 0.6 is 0 Å². The van der Waals surface area contributed by atoms with Gasteiger partial charge in [0, 0.05) is 24.2 Å². The summed E-state index contributed by atoms with van der Waals surface area (Å²) >= 11 is 0. The zero-order valence-corrected chi connectivity index (χ0v) is 16.1. The van der Waals surface area contributed by atoms with Crippen LogP contribution in [0.1, 0.15) is 24.8 Å². The van der Waals surface area contributed by atoms with Gasteiger partial charge in [0.15, 0.2) is 5.82 Å². The lowest BCUT2D eigenvalue weighted by molar-refractivity contribution is -0.127. The first-order chi connectivity index (χ1) is 14.0. The van der Waals surface area contributed by atoms with Crippen LogP contribution in [-0.2, 0) is 11.3 Å². The molecular weight excluding hydrogens is 373 g/mol. The number of nitrogens with one attached hydrogen (secondary N) is 1. The van der Waals surface area contributed by atoms with Gasteiger partial charge in [0.25, 0.3) is 0 Å². The maximum Gasteiger partial charge on any atom is 0.352 e. The van der Waals surface area contributed by atoms with E-state index < -0.39 is 0 Å². The Hall–Kier alpha value is -3.29. The van der Waals surface area contributed by atoms with Crippen LogP contribution in [0.5, 0.6) is 0 Å². The molecule has 0 spiro atoms. The van der Waals surface area contributed by atoms with E-state index in [-0.39, 0.29) is 29.9 Å². The molecule has 1 aliphatic rings. The first kappa shape index (κ1) is 19.0. The largest absolute Gasteiger partial charge is 0.354 e. The van der Waals surface area contributed by atoms with Gasteiger partial charge in [0.2, 0.25) is 5.91 Å². The summed E-state index contributed by atoms with van der Waals surface area (Å²) in [6, 6.07) is 9.40. The molecule has 0 radical (unpaired) electrons. The third-order valence-electron chi connectivity index (χ3n) is 5.17. The van der Waals surface area contributed by atoms with Gasteiger partial charge in [0.1, 0.15) is 11.6 Å². The van der Waals surface area contributed by atoms with E-state index in [1.807, 2.05) is 13.0 Å². The number of carbonyl (C=O) groups excluding carboxylic acids is 1. The quantitative estimate of drug-likeness (QED) is 0.695. The number of hydrogen-bond donors (Lipinski definition) is 1. The van der Waals surface area contributed by atoms with Gasteiger partial charge in [-0.15, -0.1) is 5.10 Å². The Morgan fingerprint density at radius 1 is 1.21 bits per heavy atom. The smallest absolute Gasteiger partial charge is 0.352 e. The molecule has 2 heterocycles. The highest BCUT2D eigenvalue weighted by Gasteiger charge is 2.25. The van der Waals surface area contributed by atoms with E-state index in [9.17, 15) is 14.0 Å². The number of aromatic nitrogens is 4. The molecule has 3 aromatic rings. The van der Waals surface area contributed by atoms with Crippen LogP contribution in [0.15, 0.2) is 47.4 Å². The summed E-state index contributed by atoms with van der Waals surface area (Å²) in [6.07, 6.45) is 4.61. The molecular formula is C21H22FN5O2. The third-order valence-corrected chi connectivity index (χ3v) is 5.17. The Morgan fingerprint density at radius 3 is 2.59 bits per heavy atom. The fourth-order valence-corrected chi connectivity index (χ4v) is 3.24. The van der Waals surface area contributed by atoms with Gasteiger partial charge < -0.3 is 5.32 Å². The van der Waals surface area contributed by atoms with Gasteiger partial charge in [-0.05, 0) is 55.7 Å². The SMILES string of the molecule is Cc1ccc(-n2c(-c3ccc(F)cc3)nn(CCNC(=O)C3CCC3)c2=O)nc1. The first-order valence-electron chi connectivity index (χ1n) is 9.69. The molecule has 150 valence electrons. The summed E-state index contributed by atoms with van der Waals surface area (Å²) in [5.74, 6) is 0.564. The van der Waals surface area contributed by atoms with E-state index in [0.717, 1.165) is 24.8 Å². The van der Waals surface area contributed by atoms with E-state index in [4.69, 9.17) is 0 Å². The van der Waals surface area contributed by atoms with Crippen molar-refractivity contribution in [2.45, 2.75) is 32.7 Å². The zero-order valence-electron chi connectivity index (χ0n) is 16.1. The van der Waals surface area contributed by atoms with Crippen molar-refractivity contribution in [3.63, 3.8) is 0 Å². The number of halogens is 1. The second kappa shape index (κ2) is 7.98.